The van der Waals surface area contributed by atoms with Crippen LogP contribution in [0.4, 0.5) is 5.69 Å². The van der Waals surface area contributed by atoms with Crippen LogP contribution in [0.25, 0.3) is 16.7 Å². The summed E-state index contributed by atoms with van der Waals surface area (Å²) < 4.78 is 34.0. The Kier molecular flexibility index (Phi) is 8.66. The summed E-state index contributed by atoms with van der Waals surface area (Å²) in [5, 5.41) is 15.3. The van der Waals surface area contributed by atoms with Crippen molar-refractivity contribution >= 4 is 50.0 Å². The quantitative estimate of drug-likeness (QED) is 0.280. The number of hydrogen-bond donors (Lipinski definition) is 2. The van der Waals surface area contributed by atoms with Gasteiger partial charge < -0.3 is 15.4 Å². The van der Waals surface area contributed by atoms with E-state index >= 15 is 0 Å². The number of ether oxygens (including phenoxy) is 1. The van der Waals surface area contributed by atoms with E-state index in [1.54, 1.807) is 38.2 Å². The van der Waals surface area contributed by atoms with Crippen molar-refractivity contribution in [2.24, 2.45) is 0 Å². The largest absolute Gasteiger partial charge is 0.480 e. The fourth-order valence-electron chi connectivity index (χ4n) is 4.21. The summed E-state index contributed by atoms with van der Waals surface area (Å²) in [5.74, 6) is -0.807. The van der Waals surface area contributed by atoms with E-state index in [0.29, 0.717) is 16.5 Å². The van der Waals surface area contributed by atoms with Crippen LogP contribution in [-0.4, -0.2) is 75.0 Å². The molecule has 15 heteroatoms. The summed E-state index contributed by atoms with van der Waals surface area (Å²) >= 11 is 6.34. The molecular formula is C26H31ClN8O5S. The Morgan fingerprint density at radius 3 is 2.59 bits per heavy atom. The first-order chi connectivity index (χ1) is 19.4. The third-order valence-electron chi connectivity index (χ3n) is 6.25. The number of anilines is 1. The minimum Gasteiger partial charge on any atom is -0.480 e. The molecule has 4 rings (SSSR count). The zero-order valence-corrected chi connectivity index (χ0v) is 25.0. The second-order valence-corrected chi connectivity index (χ2v) is 12.3. The molecule has 41 heavy (non-hydrogen) atoms. The van der Waals surface area contributed by atoms with Crippen molar-refractivity contribution in [2.75, 3.05) is 25.2 Å². The molecule has 0 aliphatic heterocycles. The number of carbonyl (C=O) groups excluding carboxylic acids is 2. The van der Waals surface area contributed by atoms with E-state index < -0.39 is 21.8 Å². The highest BCUT2D eigenvalue weighted by Crippen LogP contribution is 2.32. The SMILES string of the molecule is CCS(=O)(=O)N(C)Cn1ncc2cc(C)c(NC(=O)c3cc(OC)nn3-c3ncccc3Cl)c(C(=O)NC(C)C)c21. The number of aromatic nitrogens is 5. The molecule has 3 aromatic heterocycles. The lowest BCUT2D eigenvalue weighted by Crippen LogP contribution is -2.33. The van der Waals surface area contributed by atoms with Crippen molar-refractivity contribution in [3.05, 3.63) is 58.5 Å². The molecule has 2 amide bonds. The van der Waals surface area contributed by atoms with Gasteiger partial charge in [-0.1, -0.05) is 11.6 Å². The number of hydrogen-bond acceptors (Lipinski definition) is 8. The average Bonchev–Trinajstić information content (AvgIpc) is 3.53. The van der Waals surface area contributed by atoms with Gasteiger partial charge in [0.25, 0.3) is 11.8 Å². The molecule has 13 nitrogen and oxygen atoms in total. The Labute approximate surface area is 242 Å². The van der Waals surface area contributed by atoms with Crippen molar-refractivity contribution in [3.63, 3.8) is 0 Å². The van der Waals surface area contributed by atoms with Crippen LogP contribution in [0.3, 0.4) is 0 Å². The summed E-state index contributed by atoms with van der Waals surface area (Å²) in [6.07, 6.45) is 3.07. The molecule has 0 bridgehead atoms. The number of halogens is 1. The van der Waals surface area contributed by atoms with Crippen LogP contribution in [0.5, 0.6) is 5.88 Å². The highest BCUT2D eigenvalue weighted by molar-refractivity contribution is 7.89. The first-order valence-corrected chi connectivity index (χ1v) is 14.7. The third-order valence-corrected chi connectivity index (χ3v) is 8.34. The number of sulfonamides is 1. The molecular weight excluding hydrogens is 572 g/mol. The van der Waals surface area contributed by atoms with Gasteiger partial charge in [0.15, 0.2) is 5.82 Å². The van der Waals surface area contributed by atoms with E-state index in [9.17, 15) is 18.0 Å². The Hall–Kier alpha value is -4.01. The fourth-order valence-corrected chi connectivity index (χ4v) is 5.14. The number of nitrogens with one attached hydrogen (secondary N) is 2. The predicted octanol–water partition coefficient (Wildman–Crippen LogP) is 3.22. The molecule has 1 aromatic carbocycles. The highest BCUT2D eigenvalue weighted by Gasteiger charge is 2.27. The van der Waals surface area contributed by atoms with Gasteiger partial charge in [0.1, 0.15) is 12.4 Å². The van der Waals surface area contributed by atoms with Gasteiger partial charge in [0, 0.05) is 30.7 Å². The summed E-state index contributed by atoms with van der Waals surface area (Å²) in [5.41, 5.74) is 1.36. The Bertz CT molecular complexity index is 1730. The minimum absolute atomic E-state index is 0.0550. The second kappa shape index (κ2) is 11.8. The molecule has 0 fully saturated rings. The second-order valence-electron chi connectivity index (χ2n) is 9.54. The van der Waals surface area contributed by atoms with Crippen molar-refractivity contribution in [2.45, 2.75) is 40.4 Å². The number of amides is 2. The van der Waals surface area contributed by atoms with Crippen molar-refractivity contribution < 1.29 is 22.7 Å². The van der Waals surface area contributed by atoms with Gasteiger partial charge in [0.2, 0.25) is 15.9 Å². The van der Waals surface area contributed by atoms with Gasteiger partial charge in [-0.25, -0.2) is 22.8 Å². The first kappa shape index (κ1) is 30.0. The summed E-state index contributed by atoms with van der Waals surface area (Å²) in [6.45, 7) is 6.77. The average molecular weight is 603 g/mol. The maximum absolute atomic E-state index is 13.8. The lowest BCUT2D eigenvalue weighted by atomic mass is 10.0. The Balaban J connectivity index is 1.87. The molecule has 0 aliphatic carbocycles. The van der Waals surface area contributed by atoms with E-state index in [2.05, 4.69) is 25.8 Å². The molecule has 0 saturated carbocycles. The Morgan fingerprint density at radius 2 is 1.95 bits per heavy atom. The van der Waals surface area contributed by atoms with Crippen LogP contribution in [0.2, 0.25) is 5.02 Å². The van der Waals surface area contributed by atoms with E-state index in [-0.39, 0.29) is 52.1 Å². The Morgan fingerprint density at radius 1 is 1.22 bits per heavy atom. The zero-order valence-electron chi connectivity index (χ0n) is 23.5. The fraction of sp³-hybridized carbons (Fsp3) is 0.346. The van der Waals surface area contributed by atoms with Crippen LogP contribution < -0.4 is 15.4 Å². The minimum atomic E-state index is -3.54. The number of aryl methyl sites for hydroxylation is 1. The molecule has 0 saturated heterocycles. The first-order valence-electron chi connectivity index (χ1n) is 12.7. The molecule has 0 radical (unpaired) electrons. The molecule has 4 aromatic rings. The number of rotatable bonds is 10. The smallest absolute Gasteiger partial charge is 0.274 e. The summed E-state index contributed by atoms with van der Waals surface area (Å²) in [6, 6.07) is 6.23. The van der Waals surface area contributed by atoms with Crippen molar-refractivity contribution in [1.82, 2.24) is 34.2 Å². The highest BCUT2D eigenvalue weighted by atomic mass is 35.5. The summed E-state index contributed by atoms with van der Waals surface area (Å²) in [7, 11) is -0.686. The summed E-state index contributed by atoms with van der Waals surface area (Å²) in [4.78, 5) is 31.6. The van der Waals surface area contributed by atoms with Gasteiger partial charge in [-0.2, -0.15) is 9.40 Å². The number of benzene rings is 1. The lowest BCUT2D eigenvalue weighted by Gasteiger charge is -2.20. The van der Waals surface area contributed by atoms with Gasteiger partial charge in [-0.3, -0.25) is 9.59 Å². The van der Waals surface area contributed by atoms with Crippen LogP contribution in [0, 0.1) is 6.92 Å². The van der Waals surface area contributed by atoms with Gasteiger partial charge in [-0.15, -0.1) is 5.10 Å². The monoisotopic (exact) mass is 602 g/mol. The van der Waals surface area contributed by atoms with Gasteiger partial charge in [-0.05, 0) is 51.5 Å². The molecule has 218 valence electrons. The van der Waals surface area contributed by atoms with Crippen molar-refractivity contribution in [3.8, 4) is 11.7 Å². The van der Waals surface area contributed by atoms with Crippen molar-refractivity contribution in [1.29, 1.82) is 0 Å². The number of carbonyl (C=O) groups is 2. The van der Waals surface area contributed by atoms with E-state index in [4.69, 9.17) is 16.3 Å². The number of pyridine rings is 1. The maximum Gasteiger partial charge on any atom is 0.274 e. The molecule has 0 spiro atoms. The van der Waals surface area contributed by atoms with E-state index in [0.717, 1.165) is 4.31 Å². The predicted molar refractivity (Wildman–Crippen MR) is 155 cm³/mol. The molecule has 2 N–H and O–H groups in total. The standard InChI is InChI=1S/C26H31ClN8O5S/c1-7-41(38,39)33(5)14-34-23-17(13-29-34)11-16(4)22(21(23)26(37)30-15(2)3)31-25(36)19-12-20(40-6)32-35(19)24-18(27)9-8-10-28-24/h8-13,15H,7,14H2,1-6H3,(H,30,37)(H,31,36). The van der Waals surface area contributed by atoms with Crippen LogP contribution in [0.15, 0.2) is 36.7 Å². The molecule has 0 aliphatic rings. The van der Waals surface area contributed by atoms with Gasteiger partial charge >= 0.3 is 0 Å². The van der Waals surface area contributed by atoms with Crippen LogP contribution in [-0.2, 0) is 16.7 Å². The van der Waals surface area contributed by atoms with E-state index in [1.165, 1.54) is 35.8 Å². The third kappa shape index (κ3) is 6.04. The lowest BCUT2D eigenvalue weighted by molar-refractivity contribution is 0.0945. The van der Waals surface area contributed by atoms with E-state index in [1.807, 2.05) is 13.8 Å². The normalized spacial score (nSPS) is 11.8. The molecule has 0 unspecified atom stereocenters. The number of methoxy groups -OCH3 is 1. The van der Waals surface area contributed by atoms with Crippen LogP contribution in [0.1, 0.15) is 47.2 Å². The molecule has 0 atom stereocenters. The number of fused-ring (bicyclic) bond motifs is 1. The number of nitrogens with zero attached hydrogens (tertiary/aromatic N) is 6. The topological polar surface area (TPSA) is 153 Å². The maximum atomic E-state index is 13.8. The van der Waals surface area contributed by atoms with Crippen LogP contribution >= 0.6 is 11.6 Å². The molecule has 3 heterocycles. The zero-order chi connectivity index (χ0) is 30.1. The van der Waals surface area contributed by atoms with Gasteiger partial charge in [0.05, 0.1) is 40.8 Å².